The highest BCUT2D eigenvalue weighted by Crippen LogP contribution is 2.26. The van der Waals surface area contributed by atoms with Gasteiger partial charge in [0.2, 0.25) is 5.28 Å². The van der Waals surface area contributed by atoms with Gasteiger partial charge in [0.25, 0.3) is 0 Å². The van der Waals surface area contributed by atoms with Gasteiger partial charge < -0.3 is 4.57 Å². The fourth-order valence-corrected chi connectivity index (χ4v) is 2.40. The molecule has 0 N–H and O–H groups in total. The second-order valence-electron chi connectivity index (χ2n) is 4.53. The number of benzene rings is 2. The summed E-state index contributed by atoms with van der Waals surface area (Å²) in [7, 11) is 0. The van der Waals surface area contributed by atoms with Crippen LogP contribution < -0.4 is 0 Å². The van der Waals surface area contributed by atoms with Gasteiger partial charge in [-0.1, -0.05) is 30.3 Å². The van der Waals surface area contributed by atoms with E-state index in [2.05, 4.69) is 14.7 Å². The van der Waals surface area contributed by atoms with Crippen molar-refractivity contribution in [3.05, 3.63) is 76.1 Å². The minimum absolute atomic E-state index is 0.390. The highest BCUT2D eigenvalue weighted by Gasteiger charge is 2.10. The summed E-state index contributed by atoms with van der Waals surface area (Å²) in [6.45, 7) is 14.6. The molecule has 1 heterocycles. The first-order valence-electron chi connectivity index (χ1n) is 6.21. The fourth-order valence-electron chi connectivity index (χ4n) is 2.16. The minimum Gasteiger partial charge on any atom is -0.311 e. The average molecular weight is 293 g/mol. The lowest BCUT2D eigenvalue weighted by Crippen LogP contribution is -1.99. The molecule has 0 spiro atoms. The molecule has 4 nitrogen and oxygen atoms in total. The Labute approximate surface area is 126 Å². The van der Waals surface area contributed by atoms with Crippen LogP contribution in [-0.2, 0) is 6.54 Å². The van der Waals surface area contributed by atoms with Crippen molar-refractivity contribution in [2.24, 2.45) is 0 Å². The first-order valence-corrected chi connectivity index (χ1v) is 6.58. The van der Waals surface area contributed by atoms with Crippen molar-refractivity contribution in [2.75, 3.05) is 0 Å². The van der Waals surface area contributed by atoms with E-state index in [0.717, 1.165) is 16.6 Å². The number of hydrogen-bond acceptors (Lipinski definition) is 1. The quantitative estimate of drug-likeness (QED) is 0.621. The van der Waals surface area contributed by atoms with Crippen molar-refractivity contribution in [3.8, 4) is 0 Å². The number of imidazole rings is 1. The Balaban J connectivity index is 2.05. The first kappa shape index (κ1) is 13.2. The molecule has 21 heavy (non-hydrogen) atoms. The molecule has 1 aromatic heterocycles. The Morgan fingerprint density at radius 2 is 1.67 bits per heavy atom. The third kappa shape index (κ3) is 2.45. The Hall–Kier alpha value is -2.82. The van der Waals surface area contributed by atoms with Gasteiger partial charge in [-0.3, -0.25) is 0 Å². The van der Waals surface area contributed by atoms with E-state index >= 15 is 0 Å². The van der Waals surface area contributed by atoms with E-state index in [1.807, 2.05) is 16.7 Å². The molecule has 0 bridgehead atoms. The highest BCUT2D eigenvalue weighted by atomic mass is 35.5. The SMILES string of the molecule is [C-]#[N+]c1ccc(Cn2c(Cl)nc3ccc([N+]#[C-])cc32)cc1. The number of halogens is 1. The van der Waals surface area contributed by atoms with E-state index in [-0.39, 0.29) is 0 Å². The average Bonchev–Trinajstić information content (AvgIpc) is 2.83. The molecule has 0 atom stereocenters. The standard InChI is InChI=1S/C16H9ClN4/c1-18-12-5-3-11(4-6-12)10-21-15-9-13(19-2)7-8-14(15)20-16(21)17/h3-9H,10H2. The van der Waals surface area contributed by atoms with Crippen LogP contribution in [0.2, 0.25) is 5.28 Å². The lowest BCUT2D eigenvalue weighted by molar-refractivity contribution is 0.826. The molecule has 5 heteroatoms. The van der Waals surface area contributed by atoms with Crippen LogP contribution in [0, 0.1) is 13.1 Å². The Bertz CT molecular complexity index is 895. The lowest BCUT2D eigenvalue weighted by Gasteiger charge is -2.06. The highest BCUT2D eigenvalue weighted by molar-refractivity contribution is 6.29. The zero-order valence-electron chi connectivity index (χ0n) is 10.9. The van der Waals surface area contributed by atoms with Crippen LogP contribution >= 0.6 is 11.6 Å². The van der Waals surface area contributed by atoms with Gasteiger partial charge in [0.15, 0.2) is 11.4 Å². The van der Waals surface area contributed by atoms with Crippen LogP contribution in [0.5, 0.6) is 0 Å². The normalized spacial score (nSPS) is 10.2. The van der Waals surface area contributed by atoms with E-state index < -0.39 is 0 Å². The van der Waals surface area contributed by atoms with Gasteiger partial charge in [-0.05, 0) is 29.3 Å². The molecule has 3 aromatic rings. The fraction of sp³-hybridized carbons (Fsp3) is 0.0625. The largest absolute Gasteiger partial charge is 0.311 e. The van der Waals surface area contributed by atoms with Crippen molar-refractivity contribution in [1.82, 2.24) is 9.55 Å². The molecule has 0 amide bonds. The van der Waals surface area contributed by atoms with Crippen molar-refractivity contribution in [3.63, 3.8) is 0 Å². The molecule has 2 aromatic carbocycles. The molecular formula is C16H9ClN4. The number of aromatic nitrogens is 2. The van der Waals surface area contributed by atoms with Crippen LogP contribution in [0.25, 0.3) is 20.7 Å². The van der Waals surface area contributed by atoms with E-state index in [0.29, 0.717) is 23.2 Å². The molecule has 0 fully saturated rings. The van der Waals surface area contributed by atoms with Crippen LogP contribution in [0.15, 0.2) is 42.5 Å². The molecule has 0 saturated carbocycles. The summed E-state index contributed by atoms with van der Waals surface area (Å²) in [4.78, 5) is 11.1. The van der Waals surface area contributed by atoms with Crippen molar-refractivity contribution < 1.29 is 0 Å². The summed E-state index contributed by atoms with van der Waals surface area (Å²) in [5.74, 6) is 0. The third-order valence-corrected chi connectivity index (χ3v) is 3.51. The molecule has 0 aliphatic rings. The summed E-state index contributed by atoms with van der Waals surface area (Å²) in [6.07, 6.45) is 0. The van der Waals surface area contributed by atoms with Gasteiger partial charge in [0.05, 0.1) is 30.7 Å². The zero-order chi connectivity index (χ0) is 14.8. The van der Waals surface area contributed by atoms with Crippen molar-refractivity contribution in [1.29, 1.82) is 0 Å². The Kier molecular flexibility index (Phi) is 3.31. The minimum atomic E-state index is 0.390. The smallest absolute Gasteiger partial charge is 0.204 e. The predicted molar refractivity (Wildman–Crippen MR) is 82.8 cm³/mol. The second kappa shape index (κ2) is 5.28. The summed E-state index contributed by atoms with van der Waals surface area (Å²) < 4.78 is 1.86. The zero-order valence-corrected chi connectivity index (χ0v) is 11.7. The maximum atomic E-state index is 7.10. The predicted octanol–water partition coefficient (Wildman–Crippen LogP) is 4.84. The Morgan fingerprint density at radius 3 is 2.33 bits per heavy atom. The number of hydrogen-bond donors (Lipinski definition) is 0. The van der Waals surface area contributed by atoms with Crippen molar-refractivity contribution >= 4 is 34.0 Å². The molecular weight excluding hydrogens is 284 g/mol. The van der Waals surface area contributed by atoms with Gasteiger partial charge in [0, 0.05) is 0 Å². The maximum absolute atomic E-state index is 7.10. The summed E-state index contributed by atoms with van der Waals surface area (Å²) in [5.41, 5.74) is 3.80. The van der Waals surface area contributed by atoms with Crippen LogP contribution in [0.1, 0.15) is 5.56 Å². The van der Waals surface area contributed by atoms with Crippen molar-refractivity contribution in [2.45, 2.75) is 6.54 Å². The van der Waals surface area contributed by atoms with Gasteiger partial charge in [-0.2, -0.15) is 0 Å². The second-order valence-corrected chi connectivity index (χ2v) is 4.87. The van der Waals surface area contributed by atoms with E-state index in [9.17, 15) is 0 Å². The van der Waals surface area contributed by atoms with Gasteiger partial charge in [-0.25, -0.2) is 14.7 Å². The molecule has 0 aliphatic carbocycles. The number of nitrogens with zero attached hydrogens (tertiary/aromatic N) is 4. The molecule has 0 radical (unpaired) electrons. The molecule has 3 rings (SSSR count). The van der Waals surface area contributed by atoms with Crippen LogP contribution in [0.3, 0.4) is 0 Å². The summed E-state index contributed by atoms with van der Waals surface area (Å²) >= 11 is 6.20. The van der Waals surface area contributed by atoms with Gasteiger partial charge in [0.1, 0.15) is 0 Å². The first-order chi connectivity index (χ1) is 10.2. The monoisotopic (exact) mass is 292 g/mol. The molecule has 0 saturated heterocycles. The molecule has 0 unspecified atom stereocenters. The van der Waals surface area contributed by atoms with Gasteiger partial charge >= 0.3 is 0 Å². The number of fused-ring (bicyclic) bond motifs is 1. The summed E-state index contributed by atoms with van der Waals surface area (Å²) in [6, 6.07) is 12.7. The summed E-state index contributed by atoms with van der Waals surface area (Å²) in [5, 5.41) is 0.390. The lowest BCUT2D eigenvalue weighted by atomic mass is 10.2. The molecule has 0 aliphatic heterocycles. The molecule has 100 valence electrons. The van der Waals surface area contributed by atoms with E-state index in [1.165, 1.54) is 0 Å². The van der Waals surface area contributed by atoms with E-state index in [1.54, 1.807) is 30.3 Å². The maximum Gasteiger partial charge on any atom is 0.204 e. The Morgan fingerprint density at radius 1 is 1.00 bits per heavy atom. The van der Waals surface area contributed by atoms with Crippen LogP contribution in [-0.4, -0.2) is 9.55 Å². The topological polar surface area (TPSA) is 26.5 Å². The van der Waals surface area contributed by atoms with E-state index in [4.69, 9.17) is 24.7 Å². The number of rotatable bonds is 2. The third-order valence-electron chi connectivity index (χ3n) is 3.22. The van der Waals surface area contributed by atoms with Gasteiger partial charge in [-0.15, -0.1) is 0 Å². The van der Waals surface area contributed by atoms with Crippen LogP contribution in [0.4, 0.5) is 11.4 Å².